The average molecular weight is 309 g/mol. The molecule has 0 fully saturated rings. The Morgan fingerprint density at radius 3 is 2.67 bits per heavy atom. The Morgan fingerprint density at radius 2 is 2.00 bits per heavy atom. The van der Waals surface area contributed by atoms with Crippen LogP contribution in [0.5, 0.6) is 0 Å². The molecule has 2 rings (SSSR count). The standard InChI is InChI=1S/C17H25ClN2O/c1-12(2)19-10-14-11-20(7-8-21-13(3)4)17-9-15(18)5-6-16(14)17/h5-6,9,11-13,19H,7-8,10H2,1-4H3. The fourth-order valence-corrected chi connectivity index (χ4v) is 2.53. The third kappa shape index (κ3) is 4.47. The van der Waals surface area contributed by atoms with Crippen LogP contribution < -0.4 is 5.32 Å². The number of hydrogen-bond acceptors (Lipinski definition) is 2. The van der Waals surface area contributed by atoms with E-state index in [1.807, 2.05) is 12.1 Å². The average Bonchev–Trinajstić information content (AvgIpc) is 2.74. The van der Waals surface area contributed by atoms with E-state index >= 15 is 0 Å². The summed E-state index contributed by atoms with van der Waals surface area (Å²) in [5.41, 5.74) is 2.48. The number of hydrogen-bond donors (Lipinski definition) is 1. The van der Waals surface area contributed by atoms with Gasteiger partial charge in [0.05, 0.1) is 12.7 Å². The second-order valence-corrected chi connectivity index (χ2v) is 6.40. The molecule has 0 radical (unpaired) electrons. The largest absolute Gasteiger partial charge is 0.377 e. The molecule has 4 heteroatoms. The molecule has 1 heterocycles. The van der Waals surface area contributed by atoms with Crippen LogP contribution in [0.3, 0.4) is 0 Å². The van der Waals surface area contributed by atoms with Gasteiger partial charge < -0.3 is 14.6 Å². The maximum atomic E-state index is 6.15. The molecule has 0 atom stereocenters. The van der Waals surface area contributed by atoms with Gasteiger partial charge in [-0.25, -0.2) is 0 Å². The van der Waals surface area contributed by atoms with Crippen LogP contribution >= 0.6 is 11.6 Å². The van der Waals surface area contributed by atoms with Gasteiger partial charge in [-0.15, -0.1) is 0 Å². The first-order valence-electron chi connectivity index (χ1n) is 7.59. The van der Waals surface area contributed by atoms with Crippen molar-refractivity contribution in [1.29, 1.82) is 0 Å². The van der Waals surface area contributed by atoms with Gasteiger partial charge in [0.2, 0.25) is 0 Å². The predicted octanol–water partition coefficient (Wildman–Crippen LogP) is 4.22. The lowest BCUT2D eigenvalue weighted by Crippen LogP contribution is -2.21. The number of rotatable bonds is 7. The molecule has 0 aliphatic carbocycles. The van der Waals surface area contributed by atoms with Gasteiger partial charge in [-0.05, 0) is 31.5 Å². The molecule has 21 heavy (non-hydrogen) atoms. The SMILES string of the molecule is CC(C)NCc1cn(CCOC(C)C)c2cc(Cl)ccc12. The van der Waals surface area contributed by atoms with E-state index in [1.165, 1.54) is 16.5 Å². The van der Waals surface area contributed by atoms with Gasteiger partial charge in [-0.1, -0.05) is 31.5 Å². The number of halogens is 1. The first-order valence-corrected chi connectivity index (χ1v) is 7.97. The highest BCUT2D eigenvalue weighted by atomic mass is 35.5. The van der Waals surface area contributed by atoms with E-state index in [4.69, 9.17) is 16.3 Å². The minimum Gasteiger partial charge on any atom is -0.377 e. The van der Waals surface area contributed by atoms with Crippen molar-refractivity contribution < 1.29 is 4.74 Å². The van der Waals surface area contributed by atoms with Crippen LogP contribution in [0.1, 0.15) is 33.3 Å². The molecule has 0 unspecified atom stereocenters. The highest BCUT2D eigenvalue weighted by molar-refractivity contribution is 6.31. The fraction of sp³-hybridized carbons (Fsp3) is 0.529. The third-order valence-electron chi connectivity index (χ3n) is 3.41. The first-order chi connectivity index (χ1) is 9.97. The number of benzene rings is 1. The molecular weight excluding hydrogens is 284 g/mol. The Labute approximate surface area is 132 Å². The normalized spacial score (nSPS) is 12.0. The van der Waals surface area contributed by atoms with Crippen molar-refractivity contribution in [1.82, 2.24) is 9.88 Å². The Bertz CT molecular complexity index is 590. The van der Waals surface area contributed by atoms with Crippen molar-refractivity contribution in [2.24, 2.45) is 0 Å². The molecule has 116 valence electrons. The quantitative estimate of drug-likeness (QED) is 0.829. The van der Waals surface area contributed by atoms with Gasteiger partial charge in [0.15, 0.2) is 0 Å². The highest BCUT2D eigenvalue weighted by Gasteiger charge is 2.09. The fourth-order valence-electron chi connectivity index (χ4n) is 2.37. The molecule has 0 saturated carbocycles. The van der Waals surface area contributed by atoms with E-state index in [2.05, 4.69) is 49.8 Å². The van der Waals surface area contributed by atoms with E-state index < -0.39 is 0 Å². The second-order valence-electron chi connectivity index (χ2n) is 5.96. The van der Waals surface area contributed by atoms with Gasteiger partial charge in [0.1, 0.15) is 0 Å². The molecule has 1 N–H and O–H groups in total. The summed E-state index contributed by atoms with van der Waals surface area (Å²) in [6, 6.07) is 6.57. The predicted molar refractivity (Wildman–Crippen MR) is 90.0 cm³/mol. The lowest BCUT2D eigenvalue weighted by atomic mass is 10.1. The topological polar surface area (TPSA) is 26.2 Å². The lowest BCUT2D eigenvalue weighted by molar-refractivity contribution is 0.0733. The van der Waals surface area contributed by atoms with Crippen LogP contribution in [-0.2, 0) is 17.8 Å². The molecule has 0 bridgehead atoms. The summed E-state index contributed by atoms with van der Waals surface area (Å²) < 4.78 is 7.90. The number of nitrogens with zero attached hydrogens (tertiary/aromatic N) is 1. The van der Waals surface area contributed by atoms with Crippen LogP contribution in [0.15, 0.2) is 24.4 Å². The van der Waals surface area contributed by atoms with Gasteiger partial charge >= 0.3 is 0 Å². The summed E-state index contributed by atoms with van der Waals surface area (Å²) in [5, 5.41) is 5.51. The van der Waals surface area contributed by atoms with Crippen LogP contribution in [0.2, 0.25) is 5.02 Å². The molecule has 0 spiro atoms. The van der Waals surface area contributed by atoms with Gasteiger partial charge in [-0.2, -0.15) is 0 Å². The maximum absolute atomic E-state index is 6.15. The van der Waals surface area contributed by atoms with Crippen molar-refractivity contribution in [2.75, 3.05) is 6.61 Å². The summed E-state index contributed by atoms with van der Waals surface area (Å²) in [6.07, 6.45) is 2.47. The molecule has 0 aliphatic rings. The smallest absolute Gasteiger partial charge is 0.0649 e. The maximum Gasteiger partial charge on any atom is 0.0649 e. The summed E-state index contributed by atoms with van der Waals surface area (Å²) in [5.74, 6) is 0. The van der Waals surface area contributed by atoms with E-state index in [0.717, 1.165) is 18.1 Å². The van der Waals surface area contributed by atoms with Crippen LogP contribution in [0, 0.1) is 0 Å². The Morgan fingerprint density at radius 1 is 1.24 bits per heavy atom. The van der Waals surface area contributed by atoms with Gasteiger partial charge in [0.25, 0.3) is 0 Å². The van der Waals surface area contributed by atoms with Crippen LogP contribution in [-0.4, -0.2) is 23.3 Å². The molecule has 2 aromatic rings. The van der Waals surface area contributed by atoms with Crippen molar-refractivity contribution in [3.63, 3.8) is 0 Å². The lowest BCUT2D eigenvalue weighted by Gasteiger charge is -2.09. The van der Waals surface area contributed by atoms with E-state index in [9.17, 15) is 0 Å². The minimum absolute atomic E-state index is 0.262. The zero-order valence-corrected chi connectivity index (χ0v) is 14.1. The summed E-state index contributed by atoms with van der Waals surface area (Å²) in [6.45, 7) is 10.9. The summed E-state index contributed by atoms with van der Waals surface area (Å²) >= 11 is 6.15. The van der Waals surface area contributed by atoms with Gasteiger partial charge in [-0.3, -0.25) is 0 Å². The Hall–Kier alpha value is -1.03. The number of fused-ring (bicyclic) bond motifs is 1. The zero-order chi connectivity index (χ0) is 15.4. The molecular formula is C17H25ClN2O. The molecule has 1 aromatic heterocycles. The minimum atomic E-state index is 0.262. The van der Waals surface area contributed by atoms with Gasteiger partial charge in [0, 0.05) is 41.3 Å². The van der Waals surface area contributed by atoms with E-state index in [1.54, 1.807) is 0 Å². The summed E-state index contributed by atoms with van der Waals surface area (Å²) in [4.78, 5) is 0. The summed E-state index contributed by atoms with van der Waals surface area (Å²) in [7, 11) is 0. The molecule has 0 saturated heterocycles. The second kappa shape index (κ2) is 7.30. The van der Waals surface area contributed by atoms with Crippen molar-refractivity contribution in [3.05, 3.63) is 35.0 Å². The molecule has 0 aliphatic heterocycles. The Kier molecular flexibility index (Phi) is 5.68. The van der Waals surface area contributed by atoms with Crippen LogP contribution in [0.25, 0.3) is 10.9 Å². The third-order valence-corrected chi connectivity index (χ3v) is 3.65. The van der Waals surface area contributed by atoms with Crippen molar-refractivity contribution in [2.45, 2.75) is 52.9 Å². The van der Waals surface area contributed by atoms with Crippen molar-refractivity contribution in [3.8, 4) is 0 Å². The zero-order valence-electron chi connectivity index (χ0n) is 13.3. The van der Waals surface area contributed by atoms with E-state index in [0.29, 0.717) is 12.6 Å². The number of ether oxygens (including phenoxy) is 1. The molecule has 3 nitrogen and oxygen atoms in total. The van der Waals surface area contributed by atoms with Crippen LogP contribution in [0.4, 0.5) is 0 Å². The molecule has 0 amide bonds. The van der Waals surface area contributed by atoms with Crippen molar-refractivity contribution >= 4 is 22.5 Å². The first kappa shape index (κ1) is 16.3. The molecule has 1 aromatic carbocycles. The Balaban J connectivity index is 2.24. The van der Waals surface area contributed by atoms with E-state index in [-0.39, 0.29) is 6.10 Å². The highest BCUT2D eigenvalue weighted by Crippen LogP contribution is 2.25. The number of aromatic nitrogens is 1. The monoisotopic (exact) mass is 308 g/mol. The number of nitrogens with one attached hydrogen (secondary N) is 1.